The van der Waals surface area contributed by atoms with Gasteiger partial charge in [0.05, 0.1) is 6.10 Å². The first-order valence-electron chi connectivity index (χ1n) is 10.2. The van der Waals surface area contributed by atoms with Crippen molar-refractivity contribution >= 4 is 5.97 Å². The van der Waals surface area contributed by atoms with Crippen LogP contribution in [0, 0.1) is 0 Å². The lowest BCUT2D eigenvalue weighted by Gasteiger charge is -2.10. The minimum absolute atomic E-state index is 0.0866. The predicted octanol–water partition coefficient (Wildman–Crippen LogP) is 5.95. The molecule has 1 N–H and O–H groups in total. The zero-order chi connectivity index (χ0) is 17.9. The highest BCUT2D eigenvalue weighted by Crippen LogP contribution is 2.13. The van der Waals surface area contributed by atoms with Gasteiger partial charge in [0.1, 0.15) is 6.61 Å². The molecule has 0 aromatic heterocycles. The second-order valence-electron chi connectivity index (χ2n) is 6.87. The fourth-order valence-corrected chi connectivity index (χ4v) is 2.90. The first-order chi connectivity index (χ1) is 11.7. The van der Waals surface area contributed by atoms with E-state index >= 15 is 0 Å². The van der Waals surface area contributed by atoms with Crippen molar-refractivity contribution in [1.29, 1.82) is 0 Å². The molecule has 0 saturated heterocycles. The van der Waals surface area contributed by atoms with Crippen LogP contribution >= 0.6 is 0 Å². The standard InChI is InChI=1S/C21H40O3/c1-3-5-6-7-8-9-10-11-12-13-14-15-16-17-18-20(22)19-24-21(23)4-2/h4,20,22H,2-3,5-19H2,1H3. The van der Waals surface area contributed by atoms with Crippen molar-refractivity contribution in [2.24, 2.45) is 0 Å². The van der Waals surface area contributed by atoms with Gasteiger partial charge < -0.3 is 9.84 Å². The van der Waals surface area contributed by atoms with E-state index in [9.17, 15) is 9.90 Å². The van der Waals surface area contributed by atoms with Gasteiger partial charge in [-0.15, -0.1) is 0 Å². The van der Waals surface area contributed by atoms with Crippen LogP contribution in [0.2, 0.25) is 0 Å². The van der Waals surface area contributed by atoms with Crippen molar-refractivity contribution in [3.63, 3.8) is 0 Å². The number of esters is 1. The maximum absolute atomic E-state index is 10.9. The Kier molecular flexibility index (Phi) is 17.9. The van der Waals surface area contributed by atoms with E-state index in [1.807, 2.05) is 0 Å². The van der Waals surface area contributed by atoms with Gasteiger partial charge in [-0.05, 0) is 6.42 Å². The van der Waals surface area contributed by atoms with Crippen LogP contribution in [0.3, 0.4) is 0 Å². The lowest BCUT2D eigenvalue weighted by atomic mass is 10.0. The van der Waals surface area contributed by atoms with Gasteiger partial charge >= 0.3 is 5.97 Å². The molecule has 0 aromatic rings. The number of hydrogen-bond acceptors (Lipinski definition) is 3. The quantitative estimate of drug-likeness (QED) is 0.190. The van der Waals surface area contributed by atoms with Gasteiger partial charge in [-0.1, -0.05) is 103 Å². The Balaban J connectivity index is 3.14. The van der Waals surface area contributed by atoms with Gasteiger partial charge in [-0.3, -0.25) is 0 Å². The van der Waals surface area contributed by atoms with Crippen LogP contribution in [0.4, 0.5) is 0 Å². The van der Waals surface area contributed by atoms with Crippen molar-refractivity contribution in [2.45, 2.75) is 109 Å². The van der Waals surface area contributed by atoms with Gasteiger partial charge in [0, 0.05) is 6.08 Å². The molecule has 24 heavy (non-hydrogen) atoms. The molecule has 0 heterocycles. The molecule has 3 heteroatoms. The number of hydrogen-bond donors (Lipinski definition) is 1. The maximum Gasteiger partial charge on any atom is 0.330 e. The number of rotatable bonds is 18. The molecule has 0 aliphatic carbocycles. The van der Waals surface area contributed by atoms with Crippen molar-refractivity contribution in [3.8, 4) is 0 Å². The molecule has 0 radical (unpaired) electrons. The minimum atomic E-state index is -0.536. The summed E-state index contributed by atoms with van der Waals surface area (Å²) >= 11 is 0. The molecule has 0 aliphatic rings. The summed E-state index contributed by atoms with van der Waals surface area (Å²) in [4.78, 5) is 10.9. The van der Waals surface area contributed by atoms with Crippen molar-refractivity contribution in [3.05, 3.63) is 12.7 Å². The molecule has 0 rings (SSSR count). The number of carbonyl (C=O) groups excluding carboxylic acids is 1. The molecule has 0 fully saturated rings. The molecular weight excluding hydrogens is 300 g/mol. The van der Waals surface area contributed by atoms with E-state index in [0.717, 1.165) is 18.9 Å². The highest BCUT2D eigenvalue weighted by atomic mass is 16.5. The zero-order valence-corrected chi connectivity index (χ0v) is 15.9. The van der Waals surface area contributed by atoms with Gasteiger partial charge in [-0.2, -0.15) is 0 Å². The Morgan fingerprint density at radius 3 is 1.71 bits per heavy atom. The molecule has 0 saturated carbocycles. The van der Waals surface area contributed by atoms with Crippen LogP contribution in [0.25, 0.3) is 0 Å². The maximum atomic E-state index is 10.9. The summed E-state index contributed by atoms with van der Waals surface area (Å²) in [5.41, 5.74) is 0. The van der Waals surface area contributed by atoms with Crippen LogP contribution < -0.4 is 0 Å². The predicted molar refractivity (Wildman–Crippen MR) is 102 cm³/mol. The summed E-state index contributed by atoms with van der Waals surface area (Å²) in [5.74, 6) is -0.463. The highest BCUT2D eigenvalue weighted by Gasteiger charge is 2.06. The average molecular weight is 341 g/mol. The van der Waals surface area contributed by atoms with Crippen molar-refractivity contribution in [2.75, 3.05) is 6.61 Å². The topological polar surface area (TPSA) is 46.5 Å². The number of aliphatic hydroxyl groups is 1. The molecule has 0 aliphatic heterocycles. The van der Waals surface area contributed by atoms with E-state index in [1.165, 1.54) is 77.0 Å². The SMILES string of the molecule is C=CC(=O)OCC(O)CCCCCCCCCCCCCCCC. The summed E-state index contributed by atoms with van der Waals surface area (Å²) in [6.07, 6.45) is 19.9. The van der Waals surface area contributed by atoms with Gasteiger partial charge in [0.15, 0.2) is 0 Å². The summed E-state index contributed by atoms with van der Waals surface area (Å²) < 4.78 is 4.82. The van der Waals surface area contributed by atoms with Gasteiger partial charge in [0.2, 0.25) is 0 Å². The molecule has 0 spiro atoms. The summed E-state index contributed by atoms with van der Waals surface area (Å²) in [6.45, 7) is 5.68. The Hall–Kier alpha value is -0.830. The minimum Gasteiger partial charge on any atom is -0.460 e. The van der Waals surface area contributed by atoms with Gasteiger partial charge in [-0.25, -0.2) is 4.79 Å². The van der Waals surface area contributed by atoms with Crippen LogP contribution in [-0.4, -0.2) is 23.8 Å². The third-order valence-corrected chi connectivity index (χ3v) is 4.48. The molecule has 0 amide bonds. The Morgan fingerprint density at radius 1 is 0.875 bits per heavy atom. The highest BCUT2D eigenvalue weighted by molar-refractivity contribution is 5.81. The first kappa shape index (κ1) is 23.2. The van der Waals surface area contributed by atoms with Crippen LogP contribution in [0.5, 0.6) is 0 Å². The van der Waals surface area contributed by atoms with E-state index in [-0.39, 0.29) is 6.61 Å². The third kappa shape index (κ3) is 17.5. The van der Waals surface area contributed by atoms with E-state index in [4.69, 9.17) is 4.74 Å². The number of aliphatic hydroxyl groups excluding tert-OH is 1. The summed E-state index contributed by atoms with van der Waals surface area (Å²) in [6, 6.07) is 0. The molecule has 1 unspecified atom stereocenters. The second-order valence-corrected chi connectivity index (χ2v) is 6.87. The molecule has 142 valence electrons. The van der Waals surface area contributed by atoms with Crippen molar-refractivity contribution < 1.29 is 14.6 Å². The summed E-state index contributed by atoms with van der Waals surface area (Å²) in [5, 5.41) is 9.67. The Morgan fingerprint density at radius 2 is 1.29 bits per heavy atom. The van der Waals surface area contributed by atoms with Gasteiger partial charge in [0.25, 0.3) is 0 Å². The number of unbranched alkanes of at least 4 members (excludes halogenated alkanes) is 13. The first-order valence-corrected chi connectivity index (χ1v) is 10.2. The van der Waals surface area contributed by atoms with Crippen LogP contribution in [0.1, 0.15) is 103 Å². The molecule has 1 atom stereocenters. The van der Waals surface area contributed by atoms with E-state index in [0.29, 0.717) is 6.42 Å². The molecular formula is C21H40O3. The fraction of sp³-hybridized carbons (Fsp3) is 0.857. The number of ether oxygens (including phenoxy) is 1. The lowest BCUT2D eigenvalue weighted by Crippen LogP contribution is -2.17. The van der Waals surface area contributed by atoms with Crippen LogP contribution in [-0.2, 0) is 9.53 Å². The Labute approximate surface area is 149 Å². The van der Waals surface area contributed by atoms with Crippen LogP contribution in [0.15, 0.2) is 12.7 Å². The molecule has 3 nitrogen and oxygen atoms in total. The smallest absolute Gasteiger partial charge is 0.330 e. The van der Waals surface area contributed by atoms with E-state index < -0.39 is 12.1 Å². The van der Waals surface area contributed by atoms with E-state index in [2.05, 4.69) is 13.5 Å². The van der Waals surface area contributed by atoms with E-state index in [1.54, 1.807) is 0 Å². The normalized spacial score (nSPS) is 12.1. The zero-order valence-electron chi connectivity index (χ0n) is 15.9. The molecule has 0 aromatic carbocycles. The lowest BCUT2D eigenvalue weighted by molar-refractivity contribution is -0.140. The monoisotopic (exact) mass is 340 g/mol. The third-order valence-electron chi connectivity index (χ3n) is 4.48. The summed E-state index contributed by atoms with van der Waals surface area (Å²) in [7, 11) is 0. The second kappa shape index (κ2) is 18.5. The number of carbonyl (C=O) groups is 1. The fourth-order valence-electron chi connectivity index (χ4n) is 2.90. The van der Waals surface area contributed by atoms with Crippen molar-refractivity contribution in [1.82, 2.24) is 0 Å². The average Bonchev–Trinajstić information content (AvgIpc) is 2.59. The Bertz CT molecular complexity index is 289. The molecule has 0 bridgehead atoms. The largest absolute Gasteiger partial charge is 0.460 e.